The van der Waals surface area contributed by atoms with E-state index in [9.17, 15) is 0 Å². The summed E-state index contributed by atoms with van der Waals surface area (Å²) >= 11 is 0. The highest BCUT2D eigenvalue weighted by Crippen LogP contribution is 2.20. The van der Waals surface area contributed by atoms with Crippen LogP contribution in [-0.2, 0) is 17.9 Å². The minimum absolute atomic E-state index is 0.114. The Morgan fingerprint density at radius 1 is 1.11 bits per heavy atom. The van der Waals surface area contributed by atoms with Crippen LogP contribution in [-0.4, -0.2) is 24.4 Å². The van der Waals surface area contributed by atoms with E-state index in [4.69, 9.17) is 9.84 Å². The lowest BCUT2D eigenvalue weighted by atomic mass is 10.1. The largest absolute Gasteiger partial charge is 0.392 e. The maximum atomic E-state index is 8.95. The molecule has 2 N–H and O–H groups in total. The van der Waals surface area contributed by atoms with Crippen molar-refractivity contribution in [3.63, 3.8) is 0 Å². The van der Waals surface area contributed by atoms with Crippen molar-refractivity contribution in [1.29, 1.82) is 0 Å². The Bertz CT molecular complexity index is 331. The van der Waals surface area contributed by atoms with E-state index in [-0.39, 0.29) is 6.61 Å². The zero-order chi connectivity index (χ0) is 12.6. The van der Waals surface area contributed by atoms with Gasteiger partial charge in [-0.1, -0.05) is 37.1 Å². The van der Waals surface area contributed by atoms with E-state index in [0.29, 0.717) is 6.10 Å². The smallest absolute Gasteiger partial charge is 0.0681 e. The van der Waals surface area contributed by atoms with Gasteiger partial charge in [-0.2, -0.15) is 0 Å². The van der Waals surface area contributed by atoms with Gasteiger partial charge in [-0.15, -0.1) is 0 Å². The van der Waals surface area contributed by atoms with Gasteiger partial charge in [0.1, 0.15) is 0 Å². The van der Waals surface area contributed by atoms with Crippen molar-refractivity contribution in [1.82, 2.24) is 5.32 Å². The van der Waals surface area contributed by atoms with E-state index in [2.05, 4.69) is 17.4 Å². The molecule has 100 valence electrons. The molecule has 3 nitrogen and oxygen atoms in total. The van der Waals surface area contributed by atoms with E-state index >= 15 is 0 Å². The van der Waals surface area contributed by atoms with Crippen LogP contribution in [0.15, 0.2) is 24.3 Å². The van der Waals surface area contributed by atoms with Crippen molar-refractivity contribution >= 4 is 0 Å². The molecular formula is C15H23NO2. The number of aliphatic hydroxyl groups excluding tert-OH is 1. The van der Waals surface area contributed by atoms with Crippen molar-refractivity contribution in [3.8, 4) is 0 Å². The summed E-state index contributed by atoms with van der Waals surface area (Å²) in [5, 5.41) is 12.3. The zero-order valence-electron chi connectivity index (χ0n) is 10.9. The number of ether oxygens (including phenoxy) is 1. The van der Waals surface area contributed by atoms with Crippen LogP contribution in [0.1, 0.15) is 36.8 Å². The van der Waals surface area contributed by atoms with Crippen LogP contribution < -0.4 is 5.32 Å². The monoisotopic (exact) mass is 249 g/mol. The lowest BCUT2D eigenvalue weighted by molar-refractivity contribution is 0.0603. The molecule has 1 saturated carbocycles. The van der Waals surface area contributed by atoms with Crippen LogP contribution in [0, 0.1) is 0 Å². The van der Waals surface area contributed by atoms with E-state index in [1.54, 1.807) is 0 Å². The summed E-state index contributed by atoms with van der Waals surface area (Å²) in [6.07, 6.45) is 5.64. The number of rotatable bonds is 7. The van der Waals surface area contributed by atoms with Gasteiger partial charge in [-0.3, -0.25) is 0 Å². The first-order valence-corrected chi connectivity index (χ1v) is 6.89. The van der Waals surface area contributed by atoms with Gasteiger partial charge in [-0.05, 0) is 24.0 Å². The highest BCUT2D eigenvalue weighted by atomic mass is 16.5. The lowest BCUT2D eigenvalue weighted by Gasteiger charge is -2.11. The molecule has 1 aromatic carbocycles. The summed E-state index contributed by atoms with van der Waals surface area (Å²) in [6, 6.07) is 8.03. The predicted molar refractivity (Wildman–Crippen MR) is 72.3 cm³/mol. The van der Waals surface area contributed by atoms with Gasteiger partial charge in [-0.25, -0.2) is 0 Å². The molecule has 0 unspecified atom stereocenters. The second-order valence-electron chi connectivity index (χ2n) is 4.93. The summed E-state index contributed by atoms with van der Waals surface area (Å²) in [7, 11) is 0. The fourth-order valence-electron chi connectivity index (χ4n) is 2.35. The molecule has 1 aliphatic rings. The normalized spacial score (nSPS) is 16.3. The predicted octanol–water partition coefficient (Wildman–Crippen LogP) is 2.23. The summed E-state index contributed by atoms with van der Waals surface area (Å²) in [6.45, 7) is 2.68. The Labute approximate surface area is 109 Å². The van der Waals surface area contributed by atoms with Crippen molar-refractivity contribution < 1.29 is 9.84 Å². The van der Waals surface area contributed by atoms with Gasteiger partial charge >= 0.3 is 0 Å². The van der Waals surface area contributed by atoms with Gasteiger partial charge in [0.15, 0.2) is 0 Å². The Morgan fingerprint density at radius 3 is 2.44 bits per heavy atom. The molecule has 0 saturated heterocycles. The lowest BCUT2D eigenvalue weighted by Crippen LogP contribution is -2.21. The number of hydrogen-bond acceptors (Lipinski definition) is 3. The molecule has 0 radical (unpaired) electrons. The number of nitrogens with one attached hydrogen (secondary N) is 1. The number of aliphatic hydroxyl groups is 1. The summed E-state index contributed by atoms with van der Waals surface area (Å²) in [5.74, 6) is 0. The molecule has 3 heteroatoms. The first kappa shape index (κ1) is 13.5. The van der Waals surface area contributed by atoms with Crippen molar-refractivity contribution in [3.05, 3.63) is 35.4 Å². The first-order valence-electron chi connectivity index (χ1n) is 6.89. The molecule has 0 heterocycles. The first-order chi connectivity index (χ1) is 8.88. The topological polar surface area (TPSA) is 41.5 Å². The summed E-state index contributed by atoms with van der Waals surface area (Å²) < 4.78 is 5.78. The second-order valence-corrected chi connectivity index (χ2v) is 4.93. The van der Waals surface area contributed by atoms with Crippen molar-refractivity contribution in [2.45, 2.75) is 44.9 Å². The van der Waals surface area contributed by atoms with Gasteiger partial charge < -0.3 is 15.2 Å². The third-order valence-corrected chi connectivity index (χ3v) is 3.47. The molecule has 18 heavy (non-hydrogen) atoms. The van der Waals surface area contributed by atoms with Gasteiger partial charge in [0.25, 0.3) is 0 Å². The van der Waals surface area contributed by atoms with Crippen LogP contribution in [0.5, 0.6) is 0 Å². The van der Waals surface area contributed by atoms with Crippen molar-refractivity contribution in [2.24, 2.45) is 0 Å². The summed E-state index contributed by atoms with van der Waals surface area (Å²) in [4.78, 5) is 0. The fraction of sp³-hybridized carbons (Fsp3) is 0.600. The molecule has 0 amide bonds. The molecule has 1 fully saturated rings. The van der Waals surface area contributed by atoms with Crippen LogP contribution in [0.3, 0.4) is 0 Å². The molecule has 0 aliphatic heterocycles. The highest BCUT2D eigenvalue weighted by molar-refractivity contribution is 5.21. The molecule has 0 aromatic heterocycles. The van der Waals surface area contributed by atoms with Crippen LogP contribution in [0.25, 0.3) is 0 Å². The van der Waals surface area contributed by atoms with E-state index in [1.807, 2.05) is 12.1 Å². The maximum Gasteiger partial charge on any atom is 0.0681 e. The van der Waals surface area contributed by atoms with Crippen LogP contribution in [0.4, 0.5) is 0 Å². The molecule has 0 atom stereocenters. The maximum absolute atomic E-state index is 8.95. The molecule has 1 aliphatic carbocycles. The molecular weight excluding hydrogens is 226 g/mol. The molecule has 2 rings (SSSR count). The van der Waals surface area contributed by atoms with E-state index in [0.717, 1.165) is 25.3 Å². The minimum atomic E-state index is 0.114. The zero-order valence-corrected chi connectivity index (χ0v) is 10.9. The van der Waals surface area contributed by atoms with E-state index < -0.39 is 0 Å². The fourth-order valence-corrected chi connectivity index (χ4v) is 2.35. The molecule has 0 spiro atoms. The third kappa shape index (κ3) is 4.41. The standard InChI is InChI=1S/C15H23NO2/c17-12-14-7-5-13(6-8-14)11-16-9-10-18-15-3-1-2-4-15/h5-8,15-17H,1-4,9-12H2. The Kier molecular flexibility index (Phi) is 5.65. The van der Waals surface area contributed by atoms with Crippen molar-refractivity contribution in [2.75, 3.05) is 13.2 Å². The second kappa shape index (κ2) is 7.52. The third-order valence-electron chi connectivity index (χ3n) is 3.47. The highest BCUT2D eigenvalue weighted by Gasteiger charge is 2.14. The average molecular weight is 249 g/mol. The van der Waals surface area contributed by atoms with Gasteiger partial charge in [0.2, 0.25) is 0 Å². The number of hydrogen-bond donors (Lipinski definition) is 2. The van der Waals surface area contributed by atoms with Gasteiger partial charge in [0, 0.05) is 13.1 Å². The molecule has 0 bridgehead atoms. The average Bonchev–Trinajstić information content (AvgIpc) is 2.92. The Balaban J connectivity index is 1.56. The van der Waals surface area contributed by atoms with Crippen LogP contribution >= 0.6 is 0 Å². The van der Waals surface area contributed by atoms with Gasteiger partial charge in [0.05, 0.1) is 19.3 Å². The van der Waals surface area contributed by atoms with Crippen LogP contribution in [0.2, 0.25) is 0 Å². The minimum Gasteiger partial charge on any atom is -0.392 e. The Hall–Kier alpha value is -0.900. The molecule has 1 aromatic rings. The SMILES string of the molecule is OCc1ccc(CNCCOC2CCCC2)cc1. The van der Waals surface area contributed by atoms with E-state index in [1.165, 1.54) is 31.2 Å². The summed E-state index contributed by atoms with van der Waals surface area (Å²) in [5.41, 5.74) is 2.20. The Morgan fingerprint density at radius 2 is 1.78 bits per heavy atom. The quantitative estimate of drug-likeness (QED) is 0.728. The number of benzene rings is 1.